The lowest BCUT2D eigenvalue weighted by molar-refractivity contribution is 0.872. The van der Waals surface area contributed by atoms with Crippen molar-refractivity contribution in [2.75, 3.05) is 0 Å². The molecule has 0 bridgehead atoms. The van der Waals surface area contributed by atoms with Gasteiger partial charge in [0.25, 0.3) is 0 Å². The Hall–Kier alpha value is -4.24. The van der Waals surface area contributed by atoms with Crippen LogP contribution in [0.25, 0.3) is 53.2 Å². The summed E-state index contributed by atoms with van der Waals surface area (Å²) >= 11 is 1.90. The van der Waals surface area contributed by atoms with Crippen LogP contribution < -0.4 is 5.73 Å². The van der Waals surface area contributed by atoms with E-state index in [1.807, 2.05) is 29.5 Å². The van der Waals surface area contributed by atoms with Crippen LogP contribution in [-0.2, 0) is 0 Å². The predicted molar refractivity (Wildman–Crippen MR) is 160 cm³/mol. The zero-order chi connectivity index (χ0) is 24.8. The summed E-state index contributed by atoms with van der Waals surface area (Å²) in [7, 11) is 0. The summed E-state index contributed by atoms with van der Waals surface area (Å²) in [5.74, 6) is 0. The van der Waals surface area contributed by atoms with Gasteiger partial charge in [-0.25, -0.2) is 0 Å². The molecule has 0 saturated heterocycles. The van der Waals surface area contributed by atoms with Gasteiger partial charge in [0.15, 0.2) is 0 Å². The van der Waals surface area contributed by atoms with Gasteiger partial charge in [-0.15, -0.1) is 11.3 Å². The van der Waals surface area contributed by atoms with E-state index < -0.39 is 0 Å². The normalized spacial score (nSPS) is 12.4. The van der Waals surface area contributed by atoms with E-state index in [1.165, 1.54) is 53.2 Å². The molecule has 0 saturated carbocycles. The highest BCUT2D eigenvalue weighted by atomic mass is 32.1. The molecule has 1 nitrogen and oxygen atoms in total. The van der Waals surface area contributed by atoms with Crippen molar-refractivity contribution in [2.45, 2.75) is 6.04 Å². The fourth-order valence-corrected chi connectivity index (χ4v) is 6.76. The molecule has 1 heterocycles. The molecule has 0 amide bonds. The van der Waals surface area contributed by atoms with Gasteiger partial charge >= 0.3 is 0 Å². The average Bonchev–Trinajstić information content (AvgIpc) is 3.37. The molecule has 0 spiro atoms. The van der Waals surface area contributed by atoms with Crippen LogP contribution in [0.1, 0.15) is 17.2 Å². The van der Waals surface area contributed by atoms with Crippen LogP contribution in [-0.4, -0.2) is 0 Å². The van der Waals surface area contributed by atoms with E-state index in [1.54, 1.807) is 0 Å². The molecule has 0 aliphatic carbocycles. The van der Waals surface area contributed by atoms with Gasteiger partial charge in [0.1, 0.15) is 0 Å². The zero-order valence-corrected chi connectivity index (χ0v) is 21.1. The van der Waals surface area contributed by atoms with Crippen LogP contribution in [0.2, 0.25) is 0 Å². The second-order valence-corrected chi connectivity index (χ2v) is 10.6. The Morgan fingerprint density at radius 3 is 2.00 bits per heavy atom. The van der Waals surface area contributed by atoms with E-state index in [0.717, 1.165) is 11.1 Å². The fraction of sp³-hybridized carbons (Fsp3) is 0.0286. The smallest absolute Gasteiger partial charge is 0.0551 e. The molecule has 1 unspecified atom stereocenters. The predicted octanol–water partition coefficient (Wildman–Crippen LogP) is 9.59. The highest BCUT2D eigenvalue weighted by molar-refractivity contribution is 7.27. The van der Waals surface area contributed by atoms with Crippen molar-refractivity contribution < 1.29 is 0 Å². The number of benzene rings is 6. The van der Waals surface area contributed by atoms with Gasteiger partial charge in [0, 0.05) is 20.2 Å². The van der Waals surface area contributed by atoms with Crippen molar-refractivity contribution in [2.24, 2.45) is 5.73 Å². The maximum atomic E-state index is 6.62. The molecule has 0 radical (unpaired) electrons. The molecule has 37 heavy (non-hydrogen) atoms. The summed E-state index contributed by atoms with van der Waals surface area (Å²) in [5, 5.41) is 5.27. The quantitative estimate of drug-likeness (QED) is 0.261. The van der Waals surface area contributed by atoms with E-state index in [4.69, 9.17) is 5.73 Å². The number of hydrogen-bond acceptors (Lipinski definition) is 2. The minimum absolute atomic E-state index is 0.147. The second-order valence-electron chi connectivity index (χ2n) is 9.54. The topological polar surface area (TPSA) is 26.0 Å². The molecule has 0 aliphatic heterocycles. The summed E-state index contributed by atoms with van der Waals surface area (Å²) < 4.78 is 2.70. The van der Waals surface area contributed by atoms with Crippen LogP contribution in [0.4, 0.5) is 0 Å². The Kier molecular flexibility index (Phi) is 5.35. The zero-order valence-electron chi connectivity index (χ0n) is 20.3. The molecule has 1 aromatic heterocycles. The van der Waals surface area contributed by atoms with Crippen LogP contribution >= 0.6 is 11.3 Å². The highest BCUT2D eigenvalue weighted by Gasteiger charge is 2.14. The molecule has 2 N–H and O–H groups in total. The fourth-order valence-electron chi connectivity index (χ4n) is 5.38. The van der Waals surface area contributed by atoms with Gasteiger partial charge in [0.2, 0.25) is 0 Å². The Balaban J connectivity index is 1.34. The van der Waals surface area contributed by atoms with Crippen LogP contribution in [0.15, 0.2) is 133 Å². The number of fused-ring (bicyclic) bond motifs is 5. The number of rotatable bonds is 4. The summed E-state index contributed by atoms with van der Waals surface area (Å²) in [4.78, 5) is 0. The van der Waals surface area contributed by atoms with Gasteiger partial charge in [-0.3, -0.25) is 0 Å². The number of thiophene rings is 1. The maximum absolute atomic E-state index is 6.62. The summed E-state index contributed by atoms with van der Waals surface area (Å²) in [6, 6.07) is 47.5. The Bertz CT molecular complexity index is 1900. The first-order valence-electron chi connectivity index (χ1n) is 12.6. The van der Waals surface area contributed by atoms with E-state index >= 15 is 0 Å². The largest absolute Gasteiger partial charge is 0.320 e. The van der Waals surface area contributed by atoms with E-state index in [9.17, 15) is 0 Å². The first-order chi connectivity index (χ1) is 18.3. The molecule has 7 rings (SSSR count). The van der Waals surface area contributed by atoms with Crippen LogP contribution in [0, 0.1) is 0 Å². The Morgan fingerprint density at radius 2 is 1.11 bits per heavy atom. The van der Waals surface area contributed by atoms with Crippen molar-refractivity contribution >= 4 is 42.3 Å². The summed E-state index contributed by atoms with van der Waals surface area (Å²) in [5.41, 5.74) is 13.8. The molecule has 1 atom stereocenters. The van der Waals surface area contributed by atoms with Crippen LogP contribution in [0.3, 0.4) is 0 Å². The standard InChI is InChI=1S/C35H25NS/c36-33(24-10-2-1-3-11-24)28-15-7-13-26(22-28)25-12-6-14-27(21-25)30-17-8-18-31-32-20-19-23-9-4-5-16-29(23)34(32)37-35(30)31/h1-22,33H,36H2. The molecule has 0 fully saturated rings. The van der Waals surface area contributed by atoms with E-state index in [-0.39, 0.29) is 6.04 Å². The number of hydrogen-bond donors (Lipinski definition) is 1. The van der Waals surface area contributed by atoms with Gasteiger partial charge in [0.05, 0.1) is 6.04 Å². The maximum Gasteiger partial charge on any atom is 0.0551 e. The lowest BCUT2D eigenvalue weighted by Gasteiger charge is -2.14. The van der Waals surface area contributed by atoms with Gasteiger partial charge in [-0.1, -0.05) is 121 Å². The van der Waals surface area contributed by atoms with Crippen molar-refractivity contribution in [1.82, 2.24) is 0 Å². The third-order valence-corrected chi connectivity index (χ3v) is 8.59. The third-order valence-electron chi connectivity index (χ3n) is 7.30. The third kappa shape index (κ3) is 3.82. The molecule has 2 heteroatoms. The van der Waals surface area contributed by atoms with E-state index in [2.05, 4.69) is 115 Å². The van der Waals surface area contributed by atoms with Gasteiger partial charge < -0.3 is 5.73 Å². The first-order valence-corrected chi connectivity index (χ1v) is 13.4. The summed E-state index contributed by atoms with van der Waals surface area (Å²) in [6.07, 6.45) is 0. The lowest BCUT2D eigenvalue weighted by Crippen LogP contribution is -2.11. The Labute approximate surface area is 220 Å². The molecule has 0 aliphatic rings. The minimum Gasteiger partial charge on any atom is -0.320 e. The monoisotopic (exact) mass is 491 g/mol. The number of nitrogens with two attached hydrogens (primary N) is 1. The minimum atomic E-state index is -0.147. The van der Waals surface area contributed by atoms with Crippen molar-refractivity contribution in [3.63, 3.8) is 0 Å². The van der Waals surface area contributed by atoms with Crippen LogP contribution in [0.5, 0.6) is 0 Å². The van der Waals surface area contributed by atoms with Crippen molar-refractivity contribution in [3.8, 4) is 22.3 Å². The Morgan fingerprint density at radius 1 is 0.459 bits per heavy atom. The molecule has 7 aromatic rings. The van der Waals surface area contributed by atoms with Crippen molar-refractivity contribution in [3.05, 3.63) is 145 Å². The second kappa shape index (κ2) is 9.01. The molecule has 6 aromatic carbocycles. The highest BCUT2D eigenvalue weighted by Crippen LogP contribution is 2.43. The van der Waals surface area contributed by atoms with Gasteiger partial charge in [-0.05, 0) is 56.3 Å². The van der Waals surface area contributed by atoms with Gasteiger partial charge in [-0.2, -0.15) is 0 Å². The molecular formula is C35H25NS. The molecular weight excluding hydrogens is 466 g/mol. The SMILES string of the molecule is NC(c1ccccc1)c1cccc(-c2cccc(-c3cccc4c3sc3c5ccccc5ccc43)c2)c1. The average molecular weight is 492 g/mol. The van der Waals surface area contributed by atoms with E-state index in [0.29, 0.717) is 0 Å². The van der Waals surface area contributed by atoms with Crippen molar-refractivity contribution in [1.29, 1.82) is 0 Å². The first kappa shape index (κ1) is 22.0. The lowest BCUT2D eigenvalue weighted by atomic mass is 9.94. The summed E-state index contributed by atoms with van der Waals surface area (Å²) in [6.45, 7) is 0. The molecule has 176 valence electrons.